The van der Waals surface area contributed by atoms with E-state index >= 15 is 0 Å². The average molecular weight is 428 g/mol. The molecule has 1 aromatic rings. The number of rotatable bonds is 5. The largest absolute Gasteiger partial charge is 0.452 e. The molecule has 1 saturated carbocycles. The first-order valence-electron chi connectivity index (χ1n) is 10.3. The molecule has 1 heterocycles. The van der Waals surface area contributed by atoms with Gasteiger partial charge in [-0.2, -0.15) is 13.2 Å². The minimum atomic E-state index is -4.54. The number of nitrogens with one attached hydrogen (secondary N) is 1. The normalized spacial score (nSPS) is 19.3. The van der Waals surface area contributed by atoms with E-state index in [0.29, 0.717) is 32.0 Å². The zero-order valence-corrected chi connectivity index (χ0v) is 17.0. The molecule has 0 aromatic heterocycles. The maximum Gasteiger partial charge on any atom is 0.416 e. The van der Waals surface area contributed by atoms with Gasteiger partial charge in [0.25, 0.3) is 5.91 Å². The van der Waals surface area contributed by atoms with Gasteiger partial charge in [-0.3, -0.25) is 9.59 Å². The van der Waals surface area contributed by atoms with Crippen molar-refractivity contribution in [3.8, 4) is 0 Å². The number of esters is 1. The summed E-state index contributed by atoms with van der Waals surface area (Å²) in [5.41, 5.74) is -0.343. The Morgan fingerprint density at radius 3 is 2.47 bits per heavy atom. The third-order valence-electron chi connectivity index (χ3n) is 5.53. The van der Waals surface area contributed by atoms with Crippen LogP contribution in [-0.4, -0.2) is 44.3 Å². The zero-order chi connectivity index (χ0) is 21.7. The summed E-state index contributed by atoms with van der Waals surface area (Å²) >= 11 is 0. The summed E-state index contributed by atoms with van der Waals surface area (Å²) in [5, 5.41) is 2.53. The highest BCUT2D eigenvalue weighted by Gasteiger charge is 2.32. The van der Waals surface area contributed by atoms with Crippen molar-refractivity contribution in [1.29, 1.82) is 0 Å². The van der Waals surface area contributed by atoms with E-state index in [1.807, 2.05) is 4.90 Å². The molecule has 1 aliphatic carbocycles. The summed E-state index contributed by atoms with van der Waals surface area (Å²) in [5.74, 6) is -1.30. The van der Waals surface area contributed by atoms with Crippen LogP contribution in [0.25, 0.3) is 0 Å². The van der Waals surface area contributed by atoms with E-state index < -0.39 is 29.7 Å². The van der Waals surface area contributed by atoms with Crippen LogP contribution in [0.5, 0.6) is 0 Å². The van der Waals surface area contributed by atoms with Crippen LogP contribution in [0, 0.1) is 5.92 Å². The fraction of sp³-hybridized carbons (Fsp3) is 0.619. The first kappa shape index (κ1) is 22.4. The van der Waals surface area contributed by atoms with Crippen molar-refractivity contribution in [2.45, 2.75) is 51.3 Å². The van der Waals surface area contributed by atoms with Crippen LogP contribution < -0.4 is 10.2 Å². The molecule has 2 fully saturated rings. The lowest BCUT2D eigenvalue weighted by Crippen LogP contribution is -2.37. The minimum Gasteiger partial charge on any atom is -0.452 e. The second kappa shape index (κ2) is 9.68. The number of ether oxygens (including phenoxy) is 2. The lowest BCUT2D eigenvalue weighted by molar-refractivity contribution is -0.158. The molecule has 1 aromatic carbocycles. The van der Waals surface area contributed by atoms with E-state index in [4.69, 9.17) is 9.47 Å². The summed E-state index contributed by atoms with van der Waals surface area (Å²) in [4.78, 5) is 26.8. The molecule has 6 nitrogen and oxygen atoms in total. The standard InChI is InChI=1S/C21H27F3N2O4/c1-14(30-20(28)15-5-3-2-4-6-15)19(27)25-17-13-16(21(22,23)24)7-8-18(17)26-9-11-29-12-10-26/h7-8,13-15H,2-6,9-12H2,1H3,(H,25,27). The molecule has 1 atom stereocenters. The number of hydrogen-bond acceptors (Lipinski definition) is 5. The molecule has 1 amide bonds. The second-order valence-electron chi connectivity index (χ2n) is 7.73. The van der Waals surface area contributed by atoms with E-state index in [1.54, 1.807) is 0 Å². The molecular formula is C21H27F3N2O4. The van der Waals surface area contributed by atoms with Gasteiger partial charge in [-0.1, -0.05) is 19.3 Å². The van der Waals surface area contributed by atoms with Crippen LogP contribution in [0.1, 0.15) is 44.6 Å². The Hall–Kier alpha value is -2.29. The van der Waals surface area contributed by atoms with Gasteiger partial charge in [-0.15, -0.1) is 0 Å². The summed E-state index contributed by atoms with van der Waals surface area (Å²) in [6, 6.07) is 3.26. The number of morpholine rings is 1. The number of benzene rings is 1. The third-order valence-corrected chi connectivity index (χ3v) is 5.53. The Balaban J connectivity index is 1.73. The number of alkyl halides is 3. The number of carbonyl (C=O) groups is 2. The van der Waals surface area contributed by atoms with E-state index in [9.17, 15) is 22.8 Å². The van der Waals surface area contributed by atoms with E-state index in [1.165, 1.54) is 13.0 Å². The van der Waals surface area contributed by atoms with Crippen LogP contribution in [-0.2, 0) is 25.2 Å². The highest BCUT2D eigenvalue weighted by Crippen LogP contribution is 2.36. The first-order chi connectivity index (χ1) is 14.3. The number of carbonyl (C=O) groups excluding carboxylic acids is 2. The molecule has 0 spiro atoms. The van der Waals surface area contributed by atoms with Crippen molar-refractivity contribution < 1.29 is 32.2 Å². The highest BCUT2D eigenvalue weighted by molar-refractivity contribution is 5.98. The predicted octanol–water partition coefficient (Wildman–Crippen LogP) is 3.99. The Morgan fingerprint density at radius 2 is 1.83 bits per heavy atom. The fourth-order valence-corrected chi connectivity index (χ4v) is 3.79. The molecule has 1 N–H and O–H groups in total. The lowest BCUT2D eigenvalue weighted by Gasteiger charge is -2.31. The van der Waals surface area contributed by atoms with E-state index in [0.717, 1.165) is 44.2 Å². The van der Waals surface area contributed by atoms with Crippen molar-refractivity contribution in [2.75, 3.05) is 36.5 Å². The molecular weight excluding hydrogens is 401 g/mol. The number of anilines is 2. The van der Waals surface area contributed by atoms with Gasteiger partial charge in [0.2, 0.25) is 0 Å². The molecule has 30 heavy (non-hydrogen) atoms. The quantitative estimate of drug-likeness (QED) is 0.719. The molecule has 1 saturated heterocycles. The van der Waals surface area contributed by atoms with Crippen LogP contribution in [0.2, 0.25) is 0 Å². The SMILES string of the molecule is CC(OC(=O)C1CCCCC1)C(=O)Nc1cc(C(F)(F)F)ccc1N1CCOCC1. The van der Waals surface area contributed by atoms with Crippen LogP contribution >= 0.6 is 0 Å². The Kier molecular flexibility index (Phi) is 7.23. The summed E-state index contributed by atoms with van der Waals surface area (Å²) in [7, 11) is 0. The van der Waals surface area contributed by atoms with E-state index in [2.05, 4.69) is 5.32 Å². The molecule has 9 heteroatoms. The Bertz CT molecular complexity index is 757. The highest BCUT2D eigenvalue weighted by atomic mass is 19.4. The molecule has 0 bridgehead atoms. The minimum absolute atomic E-state index is 0.0392. The van der Waals surface area contributed by atoms with Gasteiger partial charge in [0, 0.05) is 13.1 Å². The molecule has 3 rings (SSSR count). The Morgan fingerprint density at radius 1 is 1.17 bits per heavy atom. The van der Waals surface area contributed by atoms with Crippen molar-refractivity contribution in [1.82, 2.24) is 0 Å². The summed E-state index contributed by atoms with van der Waals surface area (Å²) in [6.07, 6.45) is -1.18. The van der Waals surface area contributed by atoms with Gasteiger partial charge in [-0.05, 0) is 38.0 Å². The monoisotopic (exact) mass is 428 g/mol. The topological polar surface area (TPSA) is 67.9 Å². The smallest absolute Gasteiger partial charge is 0.416 e. The first-order valence-corrected chi connectivity index (χ1v) is 10.3. The Labute approximate surface area is 173 Å². The molecule has 1 aliphatic heterocycles. The van der Waals surface area contributed by atoms with Gasteiger partial charge in [0.15, 0.2) is 6.10 Å². The second-order valence-corrected chi connectivity index (χ2v) is 7.73. The van der Waals surface area contributed by atoms with Gasteiger partial charge < -0.3 is 19.7 Å². The van der Waals surface area contributed by atoms with Crippen LogP contribution in [0.3, 0.4) is 0 Å². The average Bonchev–Trinajstić information content (AvgIpc) is 2.74. The lowest BCUT2D eigenvalue weighted by atomic mass is 9.89. The summed E-state index contributed by atoms with van der Waals surface area (Å²) < 4.78 is 50.2. The molecule has 0 radical (unpaired) electrons. The number of hydrogen-bond donors (Lipinski definition) is 1. The van der Waals surface area contributed by atoms with Gasteiger partial charge >= 0.3 is 12.1 Å². The van der Waals surface area contributed by atoms with Crippen LogP contribution in [0.4, 0.5) is 24.5 Å². The van der Waals surface area contributed by atoms with Gasteiger partial charge in [-0.25, -0.2) is 0 Å². The number of nitrogens with zero attached hydrogens (tertiary/aromatic N) is 1. The summed E-state index contributed by atoms with van der Waals surface area (Å²) in [6.45, 7) is 3.33. The zero-order valence-electron chi connectivity index (χ0n) is 17.0. The maximum atomic E-state index is 13.2. The van der Waals surface area contributed by atoms with Crippen molar-refractivity contribution in [3.05, 3.63) is 23.8 Å². The maximum absolute atomic E-state index is 13.2. The number of amides is 1. The van der Waals surface area contributed by atoms with Gasteiger partial charge in [0.1, 0.15) is 0 Å². The third kappa shape index (κ3) is 5.65. The van der Waals surface area contributed by atoms with Crippen molar-refractivity contribution >= 4 is 23.3 Å². The molecule has 2 aliphatic rings. The van der Waals surface area contributed by atoms with E-state index in [-0.39, 0.29) is 11.6 Å². The fourth-order valence-electron chi connectivity index (χ4n) is 3.79. The predicted molar refractivity (Wildman–Crippen MR) is 105 cm³/mol. The van der Waals surface area contributed by atoms with Crippen molar-refractivity contribution in [3.63, 3.8) is 0 Å². The molecule has 1 unspecified atom stereocenters. The van der Waals surface area contributed by atoms with Gasteiger partial charge in [0.05, 0.1) is 36.1 Å². The molecule has 166 valence electrons. The van der Waals surface area contributed by atoms with Crippen LogP contribution in [0.15, 0.2) is 18.2 Å². The van der Waals surface area contributed by atoms with Crippen molar-refractivity contribution in [2.24, 2.45) is 5.92 Å². The number of halogens is 3.